The number of rotatable bonds is 2. The average molecular weight is 258 g/mol. The molecule has 0 atom stereocenters. The van der Waals surface area contributed by atoms with E-state index in [1.54, 1.807) is 17.9 Å². The van der Waals surface area contributed by atoms with Crippen molar-refractivity contribution < 1.29 is 14.4 Å². The molecule has 0 saturated carbocycles. The highest BCUT2D eigenvalue weighted by atomic mass is 16.5. The minimum absolute atomic E-state index is 0.0653. The van der Waals surface area contributed by atoms with Crippen molar-refractivity contribution in [2.24, 2.45) is 0 Å². The molecule has 0 saturated heterocycles. The van der Waals surface area contributed by atoms with Gasteiger partial charge in [-0.3, -0.25) is 4.79 Å². The predicted molar refractivity (Wildman–Crippen MR) is 69.6 cm³/mol. The Kier molecular flexibility index (Phi) is 2.83. The van der Waals surface area contributed by atoms with Gasteiger partial charge in [-0.25, -0.2) is 0 Å². The van der Waals surface area contributed by atoms with Gasteiger partial charge in [0, 0.05) is 30.8 Å². The minimum atomic E-state index is -0.157. The molecule has 5 nitrogen and oxygen atoms in total. The first-order valence-electron chi connectivity index (χ1n) is 6.17. The van der Waals surface area contributed by atoms with E-state index in [0.717, 1.165) is 29.8 Å². The molecule has 1 aromatic heterocycles. The summed E-state index contributed by atoms with van der Waals surface area (Å²) >= 11 is 0. The molecule has 2 aromatic rings. The van der Waals surface area contributed by atoms with Gasteiger partial charge in [-0.2, -0.15) is 0 Å². The number of fused-ring (bicyclic) bond motifs is 1. The van der Waals surface area contributed by atoms with Crippen molar-refractivity contribution in [3.05, 3.63) is 35.6 Å². The lowest BCUT2D eigenvalue weighted by Gasteiger charge is -2.14. The van der Waals surface area contributed by atoms with E-state index < -0.39 is 0 Å². The second-order valence-electron chi connectivity index (χ2n) is 4.60. The van der Waals surface area contributed by atoms with Crippen molar-refractivity contribution in [2.45, 2.75) is 20.0 Å². The van der Waals surface area contributed by atoms with Crippen molar-refractivity contribution >= 4 is 11.6 Å². The van der Waals surface area contributed by atoms with Crippen LogP contribution in [0.4, 0.5) is 5.69 Å². The molecular weight excluding hydrogens is 244 g/mol. The van der Waals surface area contributed by atoms with Gasteiger partial charge in [0.05, 0.1) is 0 Å². The summed E-state index contributed by atoms with van der Waals surface area (Å²) in [6, 6.07) is 7.60. The zero-order valence-electron chi connectivity index (χ0n) is 10.6. The van der Waals surface area contributed by atoms with Crippen LogP contribution in [0.5, 0.6) is 0 Å². The van der Waals surface area contributed by atoms with Gasteiger partial charge in [0.15, 0.2) is 5.76 Å². The lowest BCUT2D eigenvalue weighted by Crippen LogP contribution is -2.25. The van der Waals surface area contributed by atoms with Gasteiger partial charge < -0.3 is 14.5 Å². The van der Waals surface area contributed by atoms with Crippen molar-refractivity contribution in [1.82, 2.24) is 5.16 Å². The highest BCUT2D eigenvalue weighted by Gasteiger charge is 2.22. The number of aliphatic hydroxyl groups is 1. The Balaban J connectivity index is 1.96. The summed E-state index contributed by atoms with van der Waals surface area (Å²) < 4.78 is 4.98. The first-order chi connectivity index (χ1) is 9.19. The first kappa shape index (κ1) is 11.9. The van der Waals surface area contributed by atoms with E-state index in [-0.39, 0.29) is 12.5 Å². The Morgan fingerprint density at radius 1 is 1.47 bits per heavy atom. The van der Waals surface area contributed by atoms with Crippen LogP contribution in [0.2, 0.25) is 0 Å². The number of amides is 1. The fourth-order valence-corrected chi connectivity index (χ4v) is 2.41. The van der Waals surface area contributed by atoms with E-state index >= 15 is 0 Å². The fourth-order valence-electron chi connectivity index (χ4n) is 2.41. The summed E-state index contributed by atoms with van der Waals surface area (Å²) in [5, 5.41) is 12.9. The Bertz CT molecular complexity index is 633. The number of hydrogen-bond acceptors (Lipinski definition) is 4. The molecule has 0 aliphatic carbocycles. The van der Waals surface area contributed by atoms with Crippen molar-refractivity contribution in [2.75, 3.05) is 11.4 Å². The van der Waals surface area contributed by atoms with Crippen molar-refractivity contribution in [3.63, 3.8) is 0 Å². The van der Waals surface area contributed by atoms with Crippen LogP contribution in [-0.4, -0.2) is 22.7 Å². The van der Waals surface area contributed by atoms with Crippen LogP contribution in [0.25, 0.3) is 11.3 Å². The largest absolute Gasteiger partial charge is 0.388 e. The Hall–Kier alpha value is -2.14. The number of aromatic nitrogens is 1. The predicted octanol–water partition coefficient (Wildman–Crippen LogP) is 1.74. The molecule has 0 spiro atoms. The first-order valence-corrected chi connectivity index (χ1v) is 6.17. The maximum Gasteiger partial charge on any atom is 0.223 e. The van der Waals surface area contributed by atoms with Gasteiger partial charge in [-0.05, 0) is 24.1 Å². The summed E-state index contributed by atoms with van der Waals surface area (Å²) in [6.07, 6.45) is 0.855. The van der Waals surface area contributed by atoms with Crippen LogP contribution < -0.4 is 4.90 Å². The van der Waals surface area contributed by atoms with Gasteiger partial charge in [0.1, 0.15) is 12.3 Å². The Morgan fingerprint density at radius 2 is 2.32 bits per heavy atom. The lowest BCUT2D eigenvalue weighted by molar-refractivity contribution is -0.116. The number of hydrogen-bond donors (Lipinski definition) is 1. The van der Waals surface area contributed by atoms with Gasteiger partial charge in [-0.1, -0.05) is 11.2 Å². The highest BCUT2D eigenvalue weighted by molar-refractivity contribution is 5.94. The number of nitrogens with zero attached hydrogens (tertiary/aromatic N) is 2. The fraction of sp³-hybridized carbons (Fsp3) is 0.286. The monoisotopic (exact) mass is 258 g/mol. The third-order valence-electron chi connectivity index (χ3n) is 3.37. The molecular formula is C14H14N2O3. The Morgan fingerprint density at radius 3 is 3.00 bits per heavy atom. The molecule has 1 aliphatic rings. The second-order valence-corrected chi connectivity index (χ2v) is 4.60. The minimum Gasteiger partial charge on any atom is -0.388 e. The Labute approximate surface area is 110 Å². The number of benzene rings is 1. The maximum absolute atomic E-state index is 11.5. The molecule has 3 rings (SSSR count). The van der Waals surface area contributed by atoms with Gasteiger partial charge in [0.25, 0.3) is 0 Å². The van der Waals surface area contributed by atoms with E-state index in [1.807, 2.05) is 18.2 Å². The zero-order valence-corrected chi connectivity index (χ0v) is 10.6. The van der Waals surface area contributed by atoms with Crippen molar-refractivity contribution in [3.8, 4) is 11.3 Å². The third kappa shape index (κ3) is 2.02. The van der Waals surface area contributed by atoms with Gasteiger partial charge in [0.2, 0.25) is 5.91 Å². The van der Waals surface area contributed by atoms with E-state index in [0.29, 0.717) is 11.5 Å². The lowest BCUT2D eigenvalue weighted by atomic mass is 10.1. The molecule has 0 fully saturated rings. The number of carbonyl (C=O) groups excluding carboxylic acids is 1. The average Bonchev–Trinajstić information content (AvgIpc) is 3.04. The smallest absolute Gasteiger partial charge is 0.223 e. The quantitative estimate of drug-likeness (QED) is 0.891. The molecule has 1 aromatic carbocycles. The van der Waals surface area contributed by atoms with Crippen LogP contribution in [0.3, 0.4) is 0 Å². The molecule has 0 bridgehead atoms. The zero-order chi connectivity index (χ0) is 13.4. The molecule has 19 heavy (non-hydrogen) atoms. The number of carbonyl (C=O) groups is 1. The van der Waals surface area contributed by atoms with E-state index in [1.165, 1.54) is 0 Å². The number of anilines is 1. The summed E-state index contributed by atoms with van der Waals surface area (Å²) in [5.41, 5.74) is 3.75. The second kappa shape index (κ2) is 4.51. The number of aliphatic hydroxyl groups excluding tert-OH is 1. The summed E-state index contributed by atoms with van der Waals surface area (Å²) in [6.45, 7) is 2.15. The molecule has 0 unspecified atom stereocenters. The molecule has 5 heteroatoms. The molecule has 98 valence electrons. The van der Waals surface area contributed by atoms with Crippen LogP contribution in [0, 0.1) is 0 Å². The molecule has 0 radical (unpaired) electrons. The summed E-state index contributed by atoms with van der Waals surface area (Å²) in [5.74, 6) is 0.511. The molecule has 1 aliphatic heterocycles. The van der Waals surface area contributed by atoms with Crippen molar-refractivity contribution in [1.29, 1.82) is 0 Å². The molecule has 2 heterocycles. The van der Waals surface area contributed by atoms with E-state index in [9.17, 15) is 4.79 Å². The normalized spacial score (nSPS) is 13.7. The van der Waals surface area contributed by atoms with Crippen LogP contribution in [-0.2, 0) is 17.8 Å². The summed E-state index contributed by atoms with van der Waals surface area (Å²) in [4.78, 5) is 13.3. The van der Waals surface area contributed by atoms with Gasteiger partial charge in [-0.15, -0.1) is 0 Å². The van der Waals surface area contributed by atoms with Gasteiger partial charge >= 0.3 is 0 Å². The standard InChI is InChI=1S/C14H14N2O3/c1-9(18)16-5-4-11-6-10(2-3-14(11)16)13-7-12(8-17)19-15-13/h2-3,6-7,17H,4-5,8H2,1H3. The SMILES string of the molecule is CC(=O)N1CCc2cc(-c3cc(CO)on3)ccc21. The molecule has 1 N–H and O–H groups in total. The molecule has 1 amide bonds. The summed E-state index contributed by atoms with van der Waals surface area (Å²) in [7, 11) is 0. The van der Waals surface area contributed by atoms with E-state index in [2.05, 4.69) is 5.16 Å². The van der Waals surface area contributed by atoms with Crippen LogP contribution in [0.1, 0.15) is 18.2 Å². The van der Waals surface area contributed by atoms with Crippen LogP contribution in [0.15, 0.2) is 28.8 Å². The topological polar surface area (TPSA) is 66.6 Å². The van der Waals surface area contributed by atoms with E-state index in [4.69, 9.17) is 9.63 Å². The highest BCUT2D eigenvalue weighted by Crippen LogP contribution is 2.32. The maximum atomic E-state index is 11.5. The third-order valence-corrected chi connectivity index (χ3v) is 3.37. The van der Waals surface area contributed by atoms with Crippen LogP contribution >= 0.6 is 0 Å².